The van der Waals surface area contributed by atoms with Crippen LogP contribution in [0.5, 0.6) is 5.75 Å². The lowest BCUT2D eigenvalue weighted by molar-refractivity contribution is -0.113. The molecule has 132 valence electrons. The van der Waals surface area contributed by atoms with Crippen LogP contribution in [-0.2, 0) is 4.79 Å². The zero-order valence-corrected chi connectivity index (χ0v) is 15.7. The molecule has 2 aromatic heterocycles. The molecule has 0 unspecified atom stereocenters. The minimum atomic E-state index is -0.478. The molecule has 3 aromatic rings. The number of nitriles is 1. The number of anilines is 1. The van der Waals surface area contributed by atoms with Crippen LogP contribution in [0, 0.1) is 25.2 Å². The largest absolute Gasteiger partial charge is 0.506 e. The number of aromatic amines is 1. The monoisotopic (exact) mass is 385 g/mol. The van der Waals surface area contributed by atoms with E-state index in [1.807, 2.05) is 38.1 Å². The molecule has 2 heterocycles. The van der Waals surface area contributed by atoms with Crippen molar-refractivity contribution in [2.24, 2.45) is 0 Å². The summed E-state index contributed by atoms with van der Waals surface area (Å²) in [4.78, 5) is 26.3. The molecular formula is C18H15N3O3S2. The number of nitrogens with zero attached hydrogens (tertiary/aromatic N) is 1. The topological polar surface area (TPSA) is 106 Å². The van der Waals surface area contributed by atoms with E-state index in [0.717, 1.165) is 22.9 Å². The molecule has 0 bridgehead atoms. The number of carbonyl (C=O) groups is 1. The SMILES string of the molecule is Cc1ccc(NC(=O)CSc2sc3c(O)cc(=O)[nH]c3c2C#N)cc1C. The van der Waals surface area contributed by atoms with Crippen molar-refractivity contribution in [2.45, 2.75) is 18.1 Å². The van der Waals surface area contributed by atoms with E-state index >= 15 is 0 Å². The van der Waals surface area contributed by atoms with Crippen LogP contribution < -0.4 is 10.9 Å². The molecule has 0 spiro atoms. The van der Waals surface area contributed by atoms with Crippen LogP contribution in [0.25, 0.3) is 10.2 Å². The molecule has 0 aliphatic heterocycles. The molecule has 0 saturated carbocycles. The number of nitrogens with one attached hydrogen (secondary N) is 2. The first-order chi connectivity index (χ1) is 12.4. The maximum atomic E-state index is 12.2. The standard InChI is InChI=1S/C18H15N3O3S2/c1-9-3-4-11(5-10(9)2)20-15(24)8-25-18-12(7-19)16-17(26-18)13(22)6-14(23)21-16/h3-6H,8H2,1-2H3,(H,20,24)(H2,21,22,23). The quantitative estimate of drug-likeness (QED) is 0.596. The first-order valence-corrected chi connectivity index (χ1v) is 9.48. The Labute approximate surface area is 157 Å². The van der Waals surface area contributed by atoms with Gasteiger partial charge < -0.3 is 15.4 Å². The lowest BCUT2D eigenvalue weighted by atomic mass is 10.1. The van der Waals surface area contributed by atoms with Gasteiger partial charge in [0.25, 0.3) is 5.56 Å². The van der Waals surface area contributed by atoms with Gasteiger partial charge >= 0.3 is 0 Å². The molecule has 0 fully saturated rings. The Hall–Kier alpha value is -2.76. The fourth-order valence-electron chi connectivity index (χ4n) is 2.41. The molecule has 8 heteroatoms. The van der Waals surface area contributed by atoms with Crippen molar-refractivity contribution in [2.75, 3.05) is 11.1 Å². The van der Waals surface area contributed by atoms with Crippen LogP contribution in [0.1, 0.15) is 16.7 Å². The number of carbonyl (C=O) groups excluding carboxylic acids is 1. The molecule has 26 heavy (non-hydrogen) atoms. The number of hydrogen-bond acceptors (Lipinski definition) is 6. The third-order valence-electron chi connectivity index (χ3n) is 3.86. The number of amides is 1. The average molecular weight is 385 g/mol. The molecule has 0 atom stereocenters. The van der Waals surface area contributed by atoms with E-state index in [9.17, 15) is 20.0 Å². The van der Waals surface area contributed by atoms with E-state index in [0.29, 0.717) is 14.4 Å². The van der Waals surface area contributed by atoms with Crippen molar-refractivity contribution in [3.8, 4) is 11.8 Å². The van der Waals surface area contributed by atoms with Crippen LogP contribution in [0.2, 0.25) is 0 Å². The Morgan fingerprint density at radius 2 is 2.12 bits per heavy atom. The number of benzene rings is 1. The number of aromatic hydroxyl groups is 1. The molecule has 0 radical (unpaired) electrons. The molecule has 0 aliphatic carbocycles. The van der Waals surface area contributed by atoms with Gasteiger partial charge in [0.2, 0.25) is 5.91 Å². The van der Waals surface area contributed by atoms with Crippen molar-refractivity contribution in [1.82, 2.24) is 4.98 Å². The van der Waals surface area contributed by atoms with E-state index in [1.54, 1.807) is 0 Å². The highest BCUT2D eigenvalue weighted by Gasteiger charge is 2.17. The minimum Gasteiger partial charge on any atom is -0.506 e. The molecule has 3 rings (SSSR count). The summed E-state index contributed by atoms with van der Waals surface area (Å²) in [5, 5.41) is 22.1. The highest BCUT2D eigenvalue weighted by atomic mass is 32.2. The van der Waals surface area contributed by atoms with Crippen molar-refractivity contribution >= 4 is 44.9 Å². The van der Waals surface area contributed by atoms with E-state index in [4.69, 9.17) is 0 Å². The van der Waals surface area contributed by atoms with Gasteiger partial charge in [0.05, 0.1) is 20.2 Å². The van der Waals surface area contributed by atoms with Gasteiger partial charge in [0.15, 0.2) is 0 Å². The van der Waals surface area contributed by atoms with Crippen molar-refractivity contribution in [1.29, 1.82) is 5.26 Å². The molecule has 1 aromatic carbocycles. The summed E-state index contributed by atoms with van der Waals surface area (Å²) in [5.74, 6) is -0.256. The number of pyridine rings is 1. The Morgan fingerprint density at radius 1 is 1.35 bits per heavy atom. The van der Waals surface area contributed by atoms with Gasteiger partial charge in [0, 0.05) is 11.8 Å². The van der Waals surface area contributed by atoms with E-state index in [2.05, 4.69) is 10.3 Å². The zero-order valence-electron chi connectivity index (χ0n) is 14.0. The van der Waals surface area contributed by atoms with E-state index in [1.165, 1.54) is 23.1 Å². The van der Waals surface area contributed by atoms with Gasteiger partial charge in [-0.1, -0.05) is 6.07 Å². The average Bonchev–Trinajstić information content (AvgIpc) is 2.94. The minimum absolute atomic E-state index is 0.111. The maximum Gasteiger partial charge on any atom is 0.252 e. The summed E-state index contributed by atoms with van der Waals surface area (Å²) in [6.45, 7) is 3.98. The summed E-state index contributed by atoms with van der Waals surface area (Å²) in [6.07, 6.45) is 0. The third kappa shape index (κ3) is 3.59. The summed E-state index contributed by atoms with van der Waals surface area (Å²) in [7, 11) is 0. The van der Waals surface area contributed by atoms with Crippen LogP contribution >= 0.6 is 23.1 Å². The Kier molecular flexibility index (Phi) is 5.02. The van der Waals surface area contributed by atoms with E-state index in [-0.39, 0.29) is 23.0 Å². The summed E-state index contributed by atoms with van der Waals surface area (Å²) < 4.78 is 1.01. The number of aromatic nitrogens is 1. The highest BCUT2D eigenvalue weighted by molar-refractivity contribution is 8.02. The number of thiophene rings is 1. The van der Waals surface area contributed by atoms with Gasteiger partial charge in [0.1, 0.15) is 17.4 Å². The first-order valence-electron chi connectivity index (χ1n) is 7.68. The molecule has 0 saturated heterocycles. The molecular weight excluding hydrogens is 370 g/mol. The number of thioether (sulfide) groups is 1. The van der Waals surface area contributed by atoms with Crippen molar-refractivity contribution in [3.05, 3.63) is 51.3 Å². The molecule has 3 N–H and O–H groups in total. The first kappa shape index (κ1) is 18.0. The number of aryl methyl sites for hydroxylation is 2. The number of rotatable bonds is 4. The number of H-pyrrole nitrogens is 1. The molecule has 6 nitrogen and oxygen atoms in total. The van der Waals surface area contributed by atoms with Gasteiger partial charge in [-0.05, 0) is 37.1 Å². The fraction of sp³-hybridized carbons (Fsp3) is 0.167. The Bertz CT molecular complexity index is 1110. The van der Waals surface area contributed by atoms with E-state index < -0.39 is 5.56 Å². The van der Waals surface area contributed by atoms with Crippen LogP contribution in [0.4, 0.5) is 5.69 Å². The van der Waals surface area contributed by atoms with Crippen molar-refractivity contribution < 1.29 is 9.90 Å². The van der Waals surface area contributed by atoms with Gasteiger partial charge in [-0.15, -0.1) is 23.1 Å². The molecule has 1 amide bonds. The predicted molar refractivity (Wildman–Crippen MR) is 104 cm³/mol. The van der Waals surface area contributed by atoms with Crippen LogP contribution in [0.15, 0.2) is 33.3 Å². The number of hydrogen-bond donors (Lipinski definition) is 3. The zero-order chi connectivity index (χ0) is 18.8. The highest BCUT2D eigenvalue weighted by Crippen LogP contribution is 2.39. The molecule has 0 aliphatic rings. The van der Waals surface area contributed by atoms with Crippen LogP contribution in [-0.4, -0.2) is 21.8 Å². The summed E-state index contributed by atoms with van der Waals surface area (Å²) in [5.41, 5.74) is 3.05. The van der Waals surface area contributed by atoms with Gasteiger partial charge in [-0.25, -0.2) is 0 Å². The third-order valence-corrected chi connectivity index (χ3v) is 6.34. The Balaban J connectivity index is 1.78. The van der Waals surface area contributed by atoms with Crippen LogP contribution in [0.3, 0.4) is 0 Å². The lowest BCUT2D eigenvalue weighted by Crippen LogP contribution is -2.14. The van der Waals surface area contributed by atoms with Crippen molar-refractivity contribution in [3.63, 3.8) is 0 Å². The van der Waals surface area contributed by atoms with Gasteiger partial charge in [-0.2, -0.15) is 5.26 Å². The summed E-state index contributed by atoms with van der Waals surface area (Å²) in [6, 6.07) is 8.79. The second-order valence-electron chi connectivity index (χ2n) is 5.74. The second-order valence-corrected chi connectivity index (χ2v) is 8.00. The normalized spacial score (nSPS) is 10.7. The lowest BCUT2D eigenvalue weighted by Gasteiger charge is -2.07. The summed E-state index contributed by atoms with van der Waals surface area (Å²) >= 11 is 2.37. The number of fused-ring (bicyclic) bond motifs is 1. The van der Waals surface area contributed by atoms with Gasteiger partial charge in [-0.3, -0.25) is 9.59 Å². The smallest absolute Gasteiger partial charge is 0.252 e. The fourth-order valence-corrected chi connectivity index (χ4v) is 4.55. The maximum absolute atomic E-state index is 12.2. The second kappa shape index (κ2) is 7.23. The Morgan fingerprint density at radius 3 is 2.81 bits per heavy atom. The predicted octanol–water partition coefficient (Wildman–Crippen LogP) is 3.51.